The molecule has 0 aromatic carbocycles. The van der Waals surface area contributed by atoms with Gasteiger partial charge in [-0.25, -0.2) is 5.48 Å². The number of hydrogen-bond acceptors (Lipinski definition) is 3. The third-order valence-electron chi connectivity index (χ3n) is 4.71. The van der Waals surface area contributed by atoms with Crippen molar-refractivity contribution in [3.63, 3.8) is 0 Å². The van der Waals surface area contributed by atoms with E-state index in [0.29, 0.717) is 19.4 Å². The molecule has 1 fully saturated rings. The Morgan fingerprint density at radius 1 is 0.920 bits per heavy atom. The average Bonchev–Trinajstić information content (AvgIpc) is 2.56. The van der Waals surface area contributed by atoms with Crippen molar-refractivity contribution < 1.29 is 19.5 Å². The molecular formula is C20H39NO4. The molecule has 0 saturated heterocycles. The van der Waals surface area contributed by atoms with Crippen molar-refractivity contribution in [2.45, 2.75) is 104 Å². The number of hydroxylamine groups is 1. The zero-order valence-corrected chi connectivity index (χ0v) is 16.6. The number of carboxylic acids is 1. The first-order valence-corrected chi connectivity index (χ1v) is 10.1. The summed E-state index contributed by atoms with van der Waals surface area (Å²) in [5, 5.41) is 8.54. The van der Waals surface area contributed by atoms with Crippen LogP contribution in [-0.2, 0) is 14.4 Å². The van der Waals surface area contributed by atoms with E-state index in [1.54, 1.807) is 0 Å². The molecule has 148 valence electrons. The van der Waals surface area contributed by atoms with Gasteiger partial charge in [0.25, 0.3) is 0 Å². The maximum absolute atomic E-state index is 11.7. The van der Waals surface area contributed by atoms with Gasteiger partial charge in [-0.15, -0.1) is 0 Å². The maximum Gasteiger partial charge on any atom is 0.303 e. The molecule has 0 spiro atoms. The van der Waals surface area contributed by atoms with Crippen molar-refractivity contribution in [3.05, 3.63) is 0 Å². The van der Waals surface area contributed by atoms with Gasteiger partial charge < -0.3 is 5.11 Å². The molecule has 1 amide bonds. The Balaban J connectivity index is 0.00000277. The molecule has 0 bridgehead atoms. The number of rotatable bonds is 10. The number of amides is 1. The Kier molecular flexibility index (Phi) is 14.5. The topological polar surface area (TPSA) is 75.6 Å². The van der Waals surface area contributed by atoms with Crippen LogP contribution in [0.5, 0.6) is 0 Å². The fraction of sp³-hybridized carbons (Fsp3) is 0.900. The van der Waals surface area contributed by atoms with Gasteiger partial charge in [-0.2, -0.15) is 0 Å². The van der Waals surface area contributed by atoms with Gasteiger partial charge in [0.05, 0.1) is 6.61 Å². The van der Waals surface area contributed by atoms with Gasteiger partial charge in [-0.05, 0) is 31.1 Å². The van der Waals surface area contributed by atoms with Crippen LogP contribution in [-0.4, -0.2) is 23.6 Å². The first kappa shape index (κ1) is 23.9. The van der Waals surface area contributed by atoms with Crippen LogP contribution < -0.4 is 5.48 Å². The lowest BCUT2D eigenvalue weighted by Gasteiger charge is -2.30. The second kappa shape index (κ2) is 15.2. The lowest BCUT2D eigenvalue weighted by atomic mass is 9.79. The van der Waals surface area contributed by atoms with Crippen molar-refractivity contribution in [3.8, 4) is 0 Å². The third-order valence-corrected chi connectivity index (χ3v) is 4.71. The summed E-state index contributed by atoms with van der Waals surface area (Å²) in [4.78, 5) is 27.6. The van der Waals surface area contributed by atoms with Crippen molar-refractivity contribution >= 4 is 11.9 Å². The highest BCUT2D eigenvalue weighted by Gasteiger charge is 2.25. The molecule has 25 heavy (non-hydrogen) atoms. The lowest BCUT2D eigenvalue weighted by Crippen LogP contribution is -2.31. The number of aliphatic carboxylic acids is 1. The van der Waals surface area contributed by atoms with Gasteiger partial charge in [0.2, 0.25) is 5.91 Å². The Hall–Kier alpha value is -1.10. The third kappa shape index (κ3) is 13.8. The van der Waals surface area contributed by atoms with Crippen molar-refractivity contribution in [2.75, 3.05) is 6.61 Å². The van der Waals surface area contributed by atoms with Crippen molar-refractivity contribution in [2.24, 2.45) is 5.41 Å². The van der Waals surface area contributed by atoms with Crippen LogP contribution in [0.2, 0.25) is 0 Å². The highest BCUT2D eigenvalue weighted by molar-refractivity contribution is 5.74. The van der Waals surface area contributed by atoms with Gasteiger partial charge in [0, 0.05) is 12.8 Å². The van der Waals surface area contributed by atoms with Gasteiger partial charge in [0.1, 0.15) is 0 Å². The summed E-state index contributed by atoms with van der Waals surface area (Å²) in [7, 11) is 0. The van der Waals surface area contributed by atoms with E-state index in [-0.39, 0.29) is 17.7 Å². The van der Waals surface area contributed by atoms with E-state index in [4.69, 9.17) is 9.94 Å². The Bertz CT molecular complexity index is 350. The summed E-state index contributed by atoms with van der Waals surface area (Å²) in [5.41, 5.74) is 2.75. The SMILES string of the molecule is CC.CC1(CONC(=O)CCCCCCC(=O)O)CCCCCCC1. The number of carboxylic acid groups (broad SMARTS) is 1. The molecular weight excluding hydrogens is 318 g/mol. The fourth-order valence-electron chi connectivity index (χ4n) is 3.16. The minimum absolute atomic E-state index is 0.0716. The molecule has 5 heteroatoms. The quantitative estimate of drug-likeness (QED) is 0.414. The molecule has 0 heterocycles. The zero-order valence-electron chi connectivity index (χ0n) is 16.6. The van der Waals surface area contributed by atoms with Crippen molar-refractivity contribution in [1.82, 2.24) is 5.48 Å². The van der Waals surface area contributed by atoms with E-state index >= 15 is 0 Å². The second-order valence-corrected chi connectivity index (χ2v) is 7.20. The Morgan fingerprint density at radius 3 is 2.00 bits per heavy atom. The van der Waals surface area contributed by atoms with Crippen LogP contribution in [0.4, 0.5) is 0 Å². The van der Waals surface area contributed by atoms with Crippen LogP contribution in [0.25, 0.3) is 0 Å². The van der Waals surface area contributed by atoms with Gasteiger partial charge in [-0.3, -0.25) is 14.4 Å². The highest BCUT2D eigenvalue weighted by Crippen LogP contribution is 2.33. The van der Waals surface area contributed by atoms with E-state index in [2.05, 4.69) is 12.4 Å². The molecule has 0 aromatic heterocycles. The largest absolute Gasteiger partial charge is 0.481 e. The average molecular weight is 358 g/mol. The molecule has 1 rings (SSSR count). The Morgan fingerprint density at radius 2 is 1.44 bits per heavy atom. The number of nitrogens with one attached hydrogen (secondary N) is 1. The van der Waals surface area contributed by atoms with Gasteiger partial charge >= 0.3 is 5.97 Å². The van der Waals surface area contributed by atoms with E-state index in [1.807, 2.05) is 13.8 Å². The summed E-state index contributed by atoms with van der Waals surface area (Å²) in [6.07, 6.45) is 12.7. The van der Waals surface area contributed by atoms with Gasteiger partial charge in [-0.1, -0.05) is 65.7 Å². The second-order valence-electron chi connectivity index (χ2n) is 7.20. The first-order chi connectivity index (χ1) is 12.0. The standard InChI is InChI=1S/C18H33NO4.C2H6/c1-18(13-9-5-2-6-10-14-18)15-23-19-16(20)11-7-3-4-8-12-17(21)22;1-2/h2-15H2,1H3,(H,19,20)(H,21,22);1-2H3. The predicted octanol–water partition coefficient (Wildman–Crippen LogP) is 5.24. The van der Waals surface area contributed by atoms with Crippen LogP contribution in [0.3, 0.4) is 0 Å². The smallest absolute Gasteiger partial charge is 0.303 e. The molecule has 0 radical (unpaired) electrons. The van der Waals surface area contributed by atoms with Crippen LogP contribution >= 0.6 is 0 Å². The number of hydrogen-bond donors (Lipinski definition) is 2. The Labute approximate surface area is 153 Å². The molecule has 1 saturated carbocycles. The first-order valence-electron chi connectivity index (χ1n) is 10.1. The summed E-state index contributed by atoms with van der Waals surface area (Å²) in [6.45, 7) is 6.85. The minimum atomic E-state index is -0.751. The summed E-state index contributed by atoms with van der Waals surface area (Å²) < 4.78 is 0. The maximum atomic E-state index is 11.7. The number of unbranched alkanes of at least 4 members (excludes halogenated alkanes) is 3. The summed E-state index contributed by atoms with van der Waals surface area (Å²) in [5.74, 6) is -0.823. The van der Waals surface area contributed by atoms with Gasteiger partial charge in [0.15, 0.2) is 0 Å². The molecule has 0 atom stereocenters. The monoisotopic (exact) mass is 357 g/mol. The number of carbonyl (C=O) groups is 2. The molecule has 1 aliphatic carbocycles. The predicted molar refractivity (Wildman–Crippen MR) is 101 cm³/mol. The summed E-state index contributed by atoms with van der Waals surface area (Å²) in [6, 6.07) is 0. The molecule has 2 N–H and O–H groups in total. The van der Waals surface area contributed by atoms with E-state index in [0.717, 1.165) is 19.3 Å². The van der Waals surface area contributed by atoms with E-state index in [9.17, 15) is 9.59 Å². The molecule has 0 unspecified atom stereocenters. The van der Waals surface area contributed by atoms with Crippen molar-refractivity contribution in [1.29, 1.82) is 0 Å². The highest BCUT2D eigenvalue weighted by atomic mass is 16.7. The van der Waals surface area contributed by atoms with E-state index in [1.165, 1.54) is 44.9 Å². The normalized spacial score (nSPS) is 16.8. The fourth-order valence-corrected chi connectivity index (χ4v) is 3.16. The van der Waals surface area contributed by atoms with Crippen LogP contribution in [0.1, 0.15) is 104 Å². The molecule has 5 nitrogen and oxygen atoms in total. The summed E-state index contributed by atoms with van der Waals surface area (Å²) >= 11 is 0. The van der Waals surface area contributed by atoms with Crippen LogP contribution in [0, 0.1) is 5.41 Å². The molecule has 0 aliphatic heterocycles. The van der Waals surface area contributed by atoms with Crippen LogP contribution in [0.15, 0.2) is 0 Å². The zero-order chi connectivity index (χ0) is 19.0. The molecule has 0 aromatic rings. The van der Waals surface area contributed by atoms with E-state index < -0.39 is 5.97 Å². The number of carbonyl (C=O) groups excluding carboxylic acids is 1. The lowest BCUT2D eigenvalue weighted by molar-refractivity contribution is -0.138. The minimum Gasteiger partial charge on any atom is -0.481 e. The molecule has 1 aliphatic rings.